The van der Waals surface area contributed by atoms with E-state index in [1.165, 1.54) is 18.2 Å². The largest absolute Gasteiger partial charge is 0.487 e. The monoisotopic (exact) mass is 314 g/mol. The molecule has 0 aliphatic heterocycles. The minimum Gasteiger partial charge on any atom is -0.487 e. The molecule has 1 unspecified atom stereocenters. The average Bonchev–Trinajstić information content (AvgIpc) is 2.56. The predicted molar refractivity (Wildman–Crippen MR) is 86.6 cm³/mol. The fraction of sp³-hybridized carbons (Fsp3) is 0.235. The van der Waals surface area contributed by atoms with Crippen LogP contribution in [0.3, 0.4) is 0 Å². The summed E-state index contributed by atoms with van der Waals surface area (Å²) in [4.78, 5) is 22.9. The number of ether oxygens (including phenoxy) is 1. The molecule has 120 valence electrons. The molecule has 2 aromatic carbocycles. The third-order valence-electron chi connectivity index (χ3n) is 3.36. The lowest BCUT2D eigenvalue weighted by Gasteiger charge is -2.14. The number of carbonyl (C=O) groups is 1. The quantitative estimate of drug-likeness (QED) is 0.653. The van der Waals surface area contributed by atoms with Crippen LogP contribution in [-0.2, 0) is 0 Å². The van der Waals surface area contributed by atoms with Gasteiger partial charge >= 0.3 is 5.69 Å². The summed E-state index contributed by atoms with van der Waals surface area (Å²) in [5.74, 6) is -0.211. The minimum absolute atomic E-state index is 0.158. The number of nitrogens with zero attached hydrogens (tertiary/aromatic N) is 1. The highest BCUT2D eigenvalue weighted by Crippen LogP contribution is 2.28. The summed E-state index contributed by atoms with van der Waals surface area (Å²) in [5, 5.41) is 13.9. The third-order valence-corrected chi connectivity index (χ3v) is 3.36. The molecule has 6 heteroatoms. The number of nitro groups is 1. The van der Waals surface area contributed by atoms with Crippen LogP contribution in [0.2, 0.25) is 0 Å². The Labute approximate surface area is 134 Å². The van der Waals surface area contributed by atoms with Crippen molar-refractivity contribution >= 4 is 11.6 Å². The molecule has 6 nitrogen and oxygen atoms in total. The number of amides is 1. The van der Waals surface area contributed by atoms with E-state index in [2.05, 4.69) is 5.32 Å². The number of nitro benzene ring substituents is 1. The molecule has 0 spiro atoms. The maximum atomic E-state index is 12.3. The molecule has 1 N–H and O–H groups in total. The van der Waals surface area contributed by atoms with Gasteiger partial charge in [-0.15, -0.1) is 0 Å². The van der Waals surface area contributed by atoms with Gasteiger partial charge in [0.2, 0.25) is 0 Å². The van der Waals surface area contributed by atoms with Gasteiger partial charge in [-0.2, -0.15) is 0 Å². The van der Waals surface area contributed by atoms with Crippen LogP contribution in [-0.4, -0.2) is 17.4 Å². The Morgan fingerprint density at radius 3 is 2.57 bits per heavy atom. The van der Waals surface area contributed by atoms with Gasteiger partial charge in [0.25, 0.3) is 5.91 Å². The van der Waals surface area contributed by atoms with Gasteiger partial charge < -0.3 is 10.1 Å². The molecule has 0 aromatic heterocycles. The zero-order valence-corrected chi connectivity index (χ0v) is 13.0. The Morgan fingerprint density at radius 2 is 1.96 bits per heavy atom. The molecule has 1 atom stereocenters. The summed E-state index contributed by atoms with van der Waals surface area (Å²) >= 11 is 0. The molecule has 0 aliphatic carbocycles. The first-order chi connectivity index (χ1) is 11.0. The zero-order valence-electron chi connectivity index (χ0n) is 13.0. The Balaban J connectivity index is 2.19. The van der Waals surface area contributed by atoms with Crippen molar-refractivity contribution in [3.63, 3.8) is 0 Å². The summed E-state index contributed by atoms with van der Waals surface area (Å²) in [6, 6.07) is 13.5. The summed E-state index contributed by atoms with van der Waals surface area (Å²) in [5.41, 5.74) is 0.969. The van der Waals surface area contributed by atoms with Crippen molar-refractivity contribution < 1.29 is 14.5 Å². The highest BCUT2D eigenvalue weighted by Gasteiger charge is 2.19. The molecule has 0 saturated carbocycles. The topological polar surface area (TPSA) is 81.5 Å². The predicted octanol–water partition coefficient (Wildman–Crippen LogP) is 3.48. The fourth-order valence-electron chi connectivity index (χ4n) is 2.18. The Kier molecular flexibility index (Phi) is 5.30. The van der Waals surface area contributed by atoms with Crippen molar-refractivity contribution in [2.24, 2.45) is 0 Å². The number of nitrogens with one attached hydrogen (secondary N) is 1. The van der Waals surface area contributed by atoms with Crippen LogP contribution in [0.25, 0.3) is 0 Å². The van der Waals surface area contributed by atoms with Crippen molar-refractivity contribution in [1.82, 2.24) is 5.32 Å². The van der Waals surface area contributed by atoms with Gasteiger partial charge in [0.1, 0.15) is 0 Å². The molecule has 0 radical (unpaired) electrons. The first kappa shape index (κ1) is 16.5. The van der Waals surface area contributed by atoms with Crippen LogP contribution in [0.1, 0.15) is 35.8 Å². The van der Waals surface area contributed by atoms with E-state index in [0.717, 1.165) is 5.56 Å². The maximum absolute atomic E-state index is 12.3. The molecule has 2 aromatic rings. The van der Waals surface area contributed by atoms with Crippen molar-refractivity contribution in [3.8, 4) is 5.75 Å². The maximum Gasteiger partial charge on any atom is 0.311 e. The van der Waals surface area contributed by atoms with E-state index in [1.807, 2.05) is 37.3 Å². The van der Waals surface area contributed by atoms with Gasteiger partial charge in [-0.25, -0.2) is 0 Å². The van der Waals surface area contributed by atoms with Crippen LogP contribution < -0.4 is 10.1 Å². The molecule has 0 bridgehead atoms. The van der Waals surface area contributed by atoms with Crippen LogP contribution in [0.15, 0.2) is 48.5 Å². The molecule has 0 saturated heterocycles. The first-order valence-corrected chi connectivity index (χ1v) is 7.30. The SMILES string of the molecule is CCOc1ccc(C(=O)NC(C)c2ccccc2)cc1[N+](=O)[O-]. The van der Waals surface area contributed by atoms with Crippen molar-refractivity contribution in [2.75, 3.05) is 6.61 Å². The highest BCUT2D eigenvalue weighted by molar-refractivity contribution is 5.95. The van der Waals surface area contributed by atoms with E-state index < -0.39 is 4.92 Å². The number of hydrogen-bond acceptors (Lipinski definition) is 4. The summed E-state index contributed by atoms with van der Waals surface area (Å²) < 4.78 is 5.21. The zero-order chi connectivity index (χ0) is 16.8. The Hall–Kier alpha value is -2.89. The first-order valence-electron chi connectivity index (χ1n) is 7.30. The second-order valence-electron chi connectivity index (χ2n) is 4.98. The molecule has 0 fully saturated rings. The molecule has 1 amide bonds. The molecule has 0 aliphatic rings. The molecule has 23 heavy (non-hydrogen) atoms. The lowest BCUT2D eigenvalue weighted by Crippen LogP contribution is -2.26. The lowest BCUT2D eigenvalue weighted by atomic mass is 10.1. The van der Waals surface area contributed by atoms with Gasteiger partial charge in [-0.3, -0.25) is 14.9 Å². The average molecular weight is 314 g/mol. The van der Waals surface area contributed by atoms with Gasteiger partial charge in [0.15, 0.2) is 5.75 Å². The summed E-state index contributed by atoms with van der Waals surface area (Å²) in [6.07, 6.45) is 0. The van der Waals surface area contributed by atoms with Crippen LogP contribution in [0.5, 0.6) is 5.75 Å². The Morgan fingerprint density at radius 1 is 1.26 bits per heavy atom. The van der Waals surface area contributed by atoms with E-state index in [4.69, 9.17) is 4.74 Å². The van der Waals surface area contributed by atoms with E-state index >= 15 is 0 Å². The van der Waals surface area contributed by atoms with Gasteiger partial charge in [-0.1, -0.05) is 30.3 Å². The molecule has 2 rings (SSSR count). The van der Waals surface area contributed by atoms with Crippen LogP contribution in [0, 0.1) is 10.1 Å². The normalized spacial score (nSPS) is 11.6. The van der Waals surface area contributed by atoms with E-state index in [-0.39, 0.29) is 28.9 Å². The highest BCUT2D eigenvalue weighted by atomic mass is 16.6. The molecular formula is C17H18N2O4. The smallest absolute Gasteiger partial charge is 0.311 e. The number of benzene rings is 2. The van der Waals surface area contributed by atoms with Crippen molar-refractivity contribution in [3.05, 3.63) is 69.8 Å². The standard InChI is InChI=1S/C17H18N2O4/c1-3-23-16-10-9-14(11-15(16)19(21)22)17(20)18-12(2)13-7-5-4-6-8-13/h4-12H,3H2,1-2H3,(H,18,20). The van der Waals surface area contributed by atoms with E-state index in [0.29, 0.717) is 6.61 Å². The van der Waals surface area contributed by atoms with E-state index in [1.54, 1.807) is 6.92 Å². The number of carbonyl (C=O) groups excluding carboxylic acids is 1. The van der Waals surface area contributed by atoms with Crippen molar-refractivity contribution in [2.45, 2.75) is 19.9 Å². The lowest BCUT2D eigenvalue weighted by molar-refractivity contribution is -0.385. The van der Waals surface area contributed by atoms with Gasteiger partial charge in [0, 0.05) is 11.6 Å². The third kappa shape index (κ3) is 4.06. The van der Waals surface area contributed by atoms with Gasteiger partial charge in [0.05, 0.1) is 17.6 Å². The number of rotatable bonds is 6. The molecular weight excluding hydrogens is 296 g/mol. The summed E-state index contributed by atoms with van der Waals surface area (Å²) in [6.45, 7) is 3.92. The molecule has 0 heterocycles. The second kappa shape index (κ2) is 7.40. The fourth-order valence-corrected chi connectivity index (χ4v) is 2.18. The Bertz CT molecular complexity index is 701. The van der Waals surface area contributed by atoms with Gasteiger partial charge in [-0.05, 0) is 31.5 Å². The summed E-state index contributed by atoms with van der Waals surface area (Å²) in [7, 11) is 0. The van der Waals surface area contributed by atoms with Crippen LogP contribution in [0.4, 0.5) is 5.69 Å². The van der Waals surface area contributed by atoms with E-state index in [9.17, 15) is 14.9 Å². The van der Waals surface area contributed by atoms with Crippen LogP contribution >= 0.6 is 0 Å². The number of hydrogen-bond donors (Lipinski definition) is 1. The van der Waals surface area contributed by atoms with Crippen molar-refractivity contribution in [1.29, 1.82) is 0 Å². The second-order valence-corrected chi connectivity index (χ2v) is 4.98. The minimum atomic E-state index is -0.553.